The fourth-order valence-corrected chi connectivity index (χ4v) is 2.09. The molecule has 2 aromatic rings. The summed E-state index contributed by atoms with van der Waals surface area (Å²) in [4.78, 5) is 21.4. The summed E-state index contributed by atoms with van der Waals surface area (Å²) in [5.74, 6) is -1.22. The van der Waals surface area contributed by atoms with Gasteiger partial charge < -0.3 is 15.3 Å². The molecule has 0 bridgehead atoms. The summed E-state index contributed by atoms with van der Waals surface area (Å²) < 4.78 is 8.11. The van der Waals surface area contributed by atoms with Crippen LogP contribution in [0.4, 0.5) is 0 Å². The maximum absolute atomic E-state index is 11.0. The van der Waals surface area contributed by atoms with Gasteiger partial charge in [-0.3, -0.25) is 9.36 Å². The standard InChI is InChI=1S/C8H10N2O2.C7H8N2O2.Li.H2O/c1-12-8(11)6-4-9-10(5-6)7-2-3-7;10-7(11)5-3-8-9(4-5)6-1-2-6;;/h4-5,7H,2-3H2,1H3;3-4,6H,1-2H2,(H,10,11);;1H2/q;;+1;/p-1. The van der Waals surface area contributed by atoms with Crippen LogP contribution in [0.3, 0.4) is 0 Å². The number of aromatic nitrogens is 4. The van der Waals surface area contributed by atoms with Crippen LogP contribution in [0.15, 0.2) is 24.8 Å². The number of methoxy groups -OCH3 is 1. The second-order valence-electron chi connectivity index (χ2n) is 5.68. The number of carbonyl (C=O) groups excluding carboxylic acids is 1. The van der Waals surface area contributed by atoms with Crippen molar-refractivity contribution in [2.75, 3.05) is 7.11 Å². The topological polar surface area (TPSA) is 129 Å². The molecule has 4 rings (SSSR count). The van der Waals surface area contributed by atoms with Gasteiger partial charge in [-0.15, -0.1) is 0 Å². The summed E-state index contributed by atoms with van der Waals surface area (Å²) in [6, 6.07) is 0.978. The van der Waals surface area contributed by atoms with Crippen molar-refractivity contribution >= 4 is 11.9 Å². The third-order valence-electron chi connectivity index (χ3n) is 3.71. The molecule has 0 aliphatic heterocycles. The first-order valence-corrected chi connectivity index (χ1v) is 7.48. The summed E-state index contributed by atoms with van der Waals surface area (Å²) in [5, 5.41) is 16.5. The van der Waals surface area contributed by atoms with Crippen LogP contribution in [-0.2, 0) is 4.74 Å². The van der Waals surface area contributed by atoms with E-state index in [9.17, 15) is 9.59 Å². The van der Waals surface area contributed by atoms with Crippen molar-refractivity contribution in [2.24, 2.45) is 0 Å². The fraction of sp³-hybridized carbons (Fsp3) is 0.467. The average Bonchev–Trinajstić information content (AvgIpc) is 3.48. The van der Waals surface area contributed by atoms with E-state index in [1.54, 1.807) is 23.3 Å². The second kappa shape index (κ2) is 8.85. The minimum absolute atomic E-state index is 0. The van der Waals surface area contributed by atoms with E-state index < -0.39 is 5.97 Å². The van der Waals surface area contributed by atoms with Crippen molar-refractivity contribution < 1.29 is 43.8 Å². The average molecular weight is 342 g/mol. The van der Waals surface area contributed by atoms with E-state index in [4.69, 9.17) is 5.11 Å². The monoisotopic (exact) mass is 342 g/mol. The third kappa shape index (κ3) is 5.46. The normalized spacial score (nSPS) is 15.1. The molecule has 2 heterocycles. The molecule has 2 fully saturated rings. The minimum atomic E-state index is -0.906. The Morgan fingerprint density at radius 1 is 1.04 bits per heavy atom. The van der Waals surface area contributed by atoms with Gasteiger partial charge in [0.15, 0.2) is 0 Å². The first kappa shape index (κ1) is 21.0. The number of carbonyl (C=O) groups is 2. The van der Waals surface area contributed by atoms with E-state index in [1.807, 2.05) is 4.68 Å². The molecule has 0 atom stereocenters. The van der Waals surface area contributed by atoms with Crippen LogP contribution in [0.5, 0.6) is 0 Å². The summed E-state index contributed by atoms with van der Waals surface area (Å²) in [5.41, 5.74) is 0.807. The number of aromatic carboxylic acids is 1. The van der Waals surface area contributed by atoms with Crippen LogP contribution >= 0.6 is 0 Å². The van der Waals surface area contributed by atoms with Crippen molar-refractivity contribution in [3.05, 3.63) is 35.9 Å². The third-order valence-corrected chi connectivity index (χ3v) is 3.71. The zero-order valence-electron chi connectivity index (χ0n) is 14.2. The quantitative estimate of drug-likeness (QED) is 0.543. The molecule has 2 aromatic heterocycles. The zero-order valence-corrected chi connectivity index (χ0v) is 14.2. The van der Waals surface area contributed by atoms with Gasteiger partial charge in [0.25, 0.3) is 0 Å². The first-order valence-electron chi connectivity index (χ1n) is 7.48. The molecule has 9 nitrogen and oxygen atoms in total. The van der Waals surface area contributed by atoms with Gasteiger partial charge in [-0.1, -0.05) is 0 Å². The van der Waals surface area contributed by atoms with Crippen molar-refractivity contribution in [1.29, 1.82) is 0 Å². The molecule has 2 aliphatic carbocycles. The van der Waals surface area contributed by atoms with E-state index in [-0.39, 0.29) is 35.9 Å². The number of carboxylic acid groups (broad SMARTS) is 1. The molecular formula is C15H19LiN4O5. The summed E-state index contributed by atoms with van der Waals surface area (Å²) >= 11 is 0. The molecule has 0 radical (unpaired) electrons. The zero-order chi connectivity index (χ0) is 16.4. The molecule has 25 heavy (non-hydrogen) atoms. The molecule has 2 saturated carbocycles. The molecule has 0 saturated heterocycles. The molecule has 10 heteroatoms. The molecule has 2 aliphatic rings. The number of esters is 1. The van der Waals surface area contributed by atoms with Crippen molar-refractivity contribution in [2.45, 2.75) is 37.8 Å². The van der Waals surface area contributed by atoms with Crippen LogP contribution in [-0.4, -0.2) is 49.2 Å². The number of rotatable bonds is 4. The maximum atomic E-state index is 11.0. The number of carboxylic acids is 1. The van der Waals surface area contributed by atoms with Gasteiger partial charge in [0, 0.05) is 12.4 Å². The van der Waals surface area contributed by atoms with E-state index in [0.717, 1.165) is 12.8 Å². The molecule has 0 spiro atoms. The van der Waals surface area contributed by atoms with Gasteiger partial charge in [0.2, 0.25) is 0 Å². The Morgan fingerprint density at radius 3 is 1.84 bits per heavy atom. The van der Waals surface area contributed by atoms with Crippen molar-refractivity contribution in [1.82, 2.24) is 19.6 Å². The van der Waals surface area contributed by atoms with Crippen molar-refractivity contribution in [3.63, 3.8) is 0 Å². The smallest absolute Gasteiger partial charge is 0.870 e. The van der Waals surface area contributed by atoms with Crippen molar-refractivity contribution in [3.8, 4) is 0 Å². The Morgan fingerprint density at radius 2 is 1.48 bits per heavy atom. The van der Waals surface area contributed by atoms with Crippen LogP contribution < -0.4 is 18.9 Å². The number of hydrogen-bond donors (Lipinski definition) is 1. The summed E-state index contributed by atoms with van der Waals surface area (Å²) in [6.07, 6.45) is 10.8. The Kier molecular flexibility index (Phi) is 7.42. The Labute approximate surface area is 156 Å². The Hall–Kier alpha value is -2.08. The fourth-order valence-electron chi connectivity index (χ4n) is 2.09. The summed E-state index contributed by atoms with van der Waals surface area (Å²) in [7, 11) is 1.37. The van der Waals surface area contributed by atoms with Gasteiger partial charge in [0.1, 0.15) is 0 Å². The predicted octanol–water partition coefficient (Wildman–Crippen LogP) is -1.25. The van der Waals surface area contributed by atoms with E-state index in [0.29, 0.717) is 17.6 Å². The first-order chi connectivity index (χ1) is 11.1. The largest absolute Gasteiger partial charge is 1.00 e. The Balaban J connectivity index is 0.000000232. The van der Waals surface area contributed by atoms with Crippen LogP contribution in [0.25, 0.3) is 0 Å². The van der Waals surface area contributed by atoms with Gasteiger partial charge in [-0.25, -0.2) is 9.59 Å². The van der Waals surface area contributed by atoms with Gasteiger partial charge >= 0.3 is 30.8 Å². The van der Waals surface area contributed by atoms with E-state index in [1.165, 1.54) is 26.1 Å². The molecule has 0 unspecified atom stereocenters. The van der Waals surface area contributed by atoms with Crippen LogP contribution in [0, 0.1) is 0 Å². The molecule has 130 valence electrons. The molecular weight excluding hydrogens is 323 g/mol. The van der Waals surface area contributed by atoms with Gasteiger partial charge in [-0.05, 0) is 25.7 Å². The summed E-state index contributed by atoms with van der Waals surface area (Å²) in [6.45, 7) is 0. The van der Waals surface area contributed by atoms with Crippen LogP contribution in [0.2, 0.25) is 0 Å². The molecule has 0 amide bonds. The number of nitrogens with zero attached hydrogens (tertiary/aromatic N) is 4. The maximum Gasteiger partial charge on any atom is 1.00 e. The minimum Gasteiger partial charge on any atom is -0.870 e. The van der Waals surface area contributed by atoms with Crippen LogP contribution in [0.1, 0.15) is 58.5 Å². The number of hydrogen-bond acceptors (Lipinski definition) is 6. The SMILES string of the molecule is COC(=O)c1cnn(C2CC2)c1.O=C(O)c1cnn(C2CC2)c1.[Li+].[OH-]. The number of ether oxygens (including phenoxy) is 1. The van der Waals surface area contributed by atoms with E-state index in [2.05, 4.69) is 14.9 Å². The molecule has 2 N–H and O–H groups in total. The predicted molar refractivity (Wildman–Crippen MR) is 81.2 cm³/mol. The van der Waals surface area contributed by atoms with Gasteiger partial charge in [0.05, 0.1) is 42.7 Å². The second-order valence-corrected chi connectivity index (χ2v) is 5.68. The molecule has 0 aromatic carbocycles. The van der Waals surface area contributed by atoms with Gasteiger partial charge in [-0.2, -0.15) is 10.2 Å². The Bertz CT molecular complexity index is 721. The van der Waals surface area contributed by atoms with E-state index >= 15 is 0 Å².